The smallest absolute Gasteiger partial charge is 0.322 e. The minimum atomic E-state index is -4.36. The molecule has 0 aromatic carbocycles. The van der Waals surface area contributed by atoms with Crippen molar-refractivity contribution in [2.45, 2.75) is 18.8 Å². The molecule has 11 heteroatoms. The topological polar surface area (TPSA) is 76.8 Å². The second kappa shape index (κ2) is 7.47. The van der Waals surface area contributed by atoms with Crippen LogP contribution in [0.1, 0.15) is 11.6 Å². The van der Waals surface area contributed by atoms with Gasteiger partial charge in [-0.05, 0) is 7.05 Å². The van der Waals surface area contributed by atoms with Gasteiger partial charge in [-0.1, -0.05) is 0 Å². The number of aromatic nitrogens is 4. The normalized spacial score (nSPS) is 12.6. The third kappa shape index (κ3) is 5.25. The van der Waals surface area contributed by atoms with Crippen LogP contribution >= 0.6 is 12.4 Å². The highest BCUT2D eigenvalue weighted by molar-refractivity contribution is 5.95. The molecular weight excluding hydrogens is 337 g/mol. The van der Waals surface area contributed by atoms with E-state index < -0.39 is 24.7 Å². The third-order valence-electron chi connectivity index (χ3n) is 2.85. The van der Waals surface area contributed by atoms with Crippen molar-refractivity contribution in [3.8, 4) is 0 Å². The highest BCUT2D eigenvalue weighted by Gasteiger charge is 2.28. The molecule has 2 heterocycles. The number of nitrogens with zero attached hydrogens (tertiary/aromatic N) is 4. The van der Waals surface area contributed by atoms with E-state index in [2.05, 4.69) is 20.8 Å². The first-order valence-corrected chi connectivity index (χ1v) is 6.34. The molecule has 0 bridgehead atoms. The van der Waals surface area contributed by atoms with E-state index >= 15 is 0 Å². The molecule has 0 fully saturated rings. The molecule has 2 rings (SSSR count). The second-order valence-corrected chi connectivity index (χ2v) is 4.70. The number of aryl methyl sites for hydroxylation is 1. The summed E-state index contributed by atoms with van der Waals surface area (Å²) in [7, 11) is 3.32. The van der Waals surface area contributed by atoms with Gasteiger partial charge in [-0.15, -0.1) is 12.4 Å². The third-order valence-corrected chi connectivity index (χ3v) is 2.85. The van der Waals surface area contributed by atoms with E-state index in [0.717, 1.165) is 6.20 Å². The molecule has 2 aromatic rings. The van der Waals surface area contributed by atoms with E-state index in [4.69, 9.17) is 0 Å². The monoisotopic (exact) mass is 352 g/mol. The number of amides is 1. The maximum Gasteiger partial charge on any atom is 0.408 e. The molecule has 1 atom stereocenters. The number of halogens is 4. The Morgan fingerprint density at radius 3 is 2.52 bits per heavy atom. The van der Waals surface area contributed by atoms with Gasteiger partial charge in [-0.3, -0.25) is 14.2 Å². The number of hydrogen-bond donors (Lipinski definition) is 2. The van der Waals surface area contributed by atoms with Crippen molar-refractivity contribution in [2.75, 3.05) is 12.4 Å². The SMILES string of the molecule is CNC(C(=O)Nc1cnn(CC(F)(F)F)c1)c1cnn(C)c1.Cl. The molecule has 7 nitrogen and oxygen atoms in total. The summed E-state index contributed by atoms with van der Waals surface area (Å²) >= 11 is 0. The number of carbonyl (C=O) groups excluding carboxylic acids is 1. The fourth-order valence-electron chi connectivity index (χ4n) is 1.95. The fourth-order valence-corrected chi connectivity index (χ4v) is 1.95. The highest BCUT2D eigenvalue weighted by atomic mass is 35.5. The van der Waals surface area contributed by atoms with Gasteiger partial charge >= 0.3 is 6.18 Å². The maximum absolute atomic E-state index is 12.3. The van der Waals surface area contributed by atoms with Gasteiger partial charge in [-0.25, -0.2) is 0 Å². The van der Waals surface area contributed by atoms with Gasteiger partial charge in [0, 0.05) is 25.0 Å². The van der Waals surface area contributed by atoms with Crippen LogP contribution in [0, 0.1) is 0 Å². The van der Waals surface area contributed by atoms with E-state index in [1.54, 1.807) is 25.0 Å². The summed E-state index contributed by atoms with van der Waals surface area (Å²) in [6, 6.07) is -0.667. The maximum atomic E-state index is 12.3. The minimum absolute atomic E-state index is 0. The Labute approximate surface area is 136 Å². The van der Waals surface area contributed by atoms with Gasteiger partial charge in [0.1, 0.15) is 12.6 Å². The molecule has 0 radical (unpaired) electrons. The Balaban J connectivity index is 0.00000264. The van der Waals surface area contributed by atoms with Crippen LogP contribution in [0.2, 0.25) is 0 Å². The average Bonchev–Trinajstić information content (AvgIpc) is 2.98. The molecule has 0 aliphatic heterocycles. The van der Waals surface area contributed by atoms with Crippen LogP contribution in [0.15, 0.2) is 24.8 Å². The van der Waals surface area contributed by atoms with Crippen LogP contribution in [-0.2, 0) is 18.4 Å². The van der Waals surface area contributed by atoms with Crippen LogP contribution in [0.4, 0.5) is 18.9 Å². The molecule has 2 aromatic heterocycles. The van der Waals surface area contributed by atoms with Crippen molar-refractivity contribution >= 4 is 24.0 Å². The van der Waals surface area contributed by atoms with E-state index in [1.807, 2.05) is 0 Å². The van der Waals surface area contributed by atoms with E-state index in [0.29, 0.717) is 10.2 Å². The van der Waals surface area contributed by atoms with Crippen LogP contribution in [0.25, 0.3) is 0 Å². The standard InChI is InChI=1S/C12H15F3N6O.ClH/c1-16-10(8-3-17-20(2)5-8)11(22)19-9-4-18-21(6-9)7-12(13,14)15;/h3-6,10,16H,7H2,1-2H3,(H,19,22);1H. The summed E-state index contributed by atoms with van der Waals surface area (Å²) in [5.41, 5.74) is 0.837. The van der Waals surface area contributed by atoms with Gasteiger partial charge in [0.25, 0.3) is 0 Å². The number of nitrogens with one attached hydrogen (secondary N) is 2. The summed E-state index contributed by atoms with van der Waals surface area (Å²) in [5.74, 6) is -0.415. The molecule has 0 spiro atoms. The quantitative estimate of drug-likeness (QED) is 0.855. The lowest BCUT2D eigenvalue weighted by atomic mass is 10.1. The van der Waals surface area contributed by atoms with E-state index in [-0.39, 0.29) is 18.1 Å². The average molecular weight is 353 g/mol. The predicted molar refractivity (Wildman–Crippen MR) is 79.2 cm³/mol. The predicted octanol–water partition coefficient (Wildman–Crippen LogP) is 1.50. The zero-order valence-corrected chi connectivity index (χ0v) is 13.1. The van der Waals surface area contributed by atoms with Crippen LogP contribution in [0.3, 0.4) is 0 Å². The first-order valence-electron chi connectivity index (χ1n) is 6.34. The number of likely N-dealkylation sites (N-methyl/N-ethyl adjacent to an activating group) is 1. The Bertz CT molecular complexity index is 653. The van der Waals surface area contributed by atoms with E-state index in [1.165, 1.54) is 12.4 Å². The summed E-state index contributed by atoms with van der Waals surface area (Å²) in [6.07, 6.45) is 1.14. The fraction of sp³-hybridized carbons (Fsp3) is 0.417. The molecule has 1 unspecified atom stereocenters. The first-order chi connectivity index (χ1) is 10.3. The van der Waals surface area contributed by atoms with Gasteiger partial charge in [0.15, 0.2) is 0 Å². The molecular formula is C12H16ClF3N6O. The molecule has 0 aliphatic rings. The second-order valence-electron chi connectivity index (χ2n) is 4.70. The number of hydrogen-bond acceptors (Lipinski definition) is 4. The van der Waals surface area contributed by atoms with Crippen molar-refractivity contribution < 1.29 is 18.0 Å². The van der Waals surface area contributed by atoms with Crippen molar-refractivity contribution in [3.05, 3.63) is 30.4 Å². The highest BCUT2D eigenvalue weighted by Crippen LogP contribution is 2.19. The van der Waals surface area contributed by atoms with Crippen LogP contribution in [0.5, 0.6) is 0 Å². The van der Waals surface area contributed by atoms with E-state index in [9.17, 15) is 18.0 Å². The number of alkyl halides is 3. The first kappa shape index (κ1) is 19.0. The number of anilines is 1. The van der Waals surface area contributed by atoms with Gasteiger partial charge < -0.3 is 10.6 Å². The summed E-state index contributed by atoms with van der Waals surface area (Å²) < 4.78 is 39.0. The lowest BCUT2D eigenvalue weighted by Gasteiger charge is -2.13. The Kier molecular flexibility index (Phi) is 6.16. The van der Waals surface area contributed by atoms with Crippen molar-refractivity contribution in [1.82, 2.24) is 24.9 Å². The summed E-state index contributed by atoms with van der Waals surface area (Å²) in [5, 5.41) is 12.9. The molecule has 0 saturated heterocycles. The minimum Gasteiger partial charge on any atom is -0.322 e. The zero-order valence-electron chi connectivity index (χ0n) is 12.3. The van der Waals surface area contributed by atoms with Crippen molar-refractivity contribution in [1.29, 1.82) is 0 Å². The Morgan fingerprint density at radius 1 is 1.30 bits per heavy atom. The van der Waals surface area contributed by atoms with Crippen LogP contribution < -0.4 is 10.6 Å². The van der Waals surface area contributed by atoms with Gasteiger partial charge in [-0.2, -0.15) is 23.4 Å². The molecule has 0 aliphatic carbocycles. The molecule has 2 N–H and O–H groups in total. The van der Waals surface area contributed by atoms with Crippen LogP contribution in [-0.4, -0.2) is 38.7 Å². The lowest BCUT2D eigenvalue weighted by Crippen LogP contribution is -2.30. The lowest BCUT2D eigenvalue weighted by molar-refractivity contribution is -0.142. The van der Waals surface area contributed by atoms with Gasteiger partial charge in [0.2, 0.25) is 5.91 Å². The Hall–Kier alpha value is -2.07. The summed E-state index contributed by atoms with van der Waals surface area (Å²) in [6.45, 7) is -1.21. The van der Waals surface area contributed by atoms with Crippen molar-refractivity contribution in [3.63, 3.8) is 0 Å². The summed E-state index contributed by atoms with van der Waals surface area (Å²) in [4.78, 5) is 12.2. The number of carbonyl (C=O) groups is 1. The molecule has 1 amide bonds. The van der Waals surface area contributed by atoms with Crippen molar-refractivity contribution in [2.24, 2.45) is 7.05 Å². The molecule has 23 heavy (non-hydrogen) atoms. The number of rotatable bonds is 5. The van der Waals surface area contributed by atoms with Gasteiger partial charge in [0.05, 0.1) is 18.1 Å². The molecule has 128 valence electrons. The Morgan fingerprint density at radius 2 is 2.00 bits per heavy atom. The molecule has 0 saturated carbocycles. The zero-order chi connectivity index (χ0) is 16.3. The largest absolute Gasteiger partial charge is 0.408 e.